The number of nitrogens with zero attached hydrogens (tertiary/aromatic N) is 2. The van der Waals surface area contributed by atoms with Crippen LogP contribution >= 0.6 is 15.9 Å². The Bertz CT molecular complexity index is 543. The summed E-state index contributed by atoms with van der Waals surface area (Å²) < 4.78 is 11.7. The summed E-state index contributed by atoms with van der Waals surface area (Å²) in [5, 5.41) is 8.07. The molecule has 1 aromatic carbocycles. The predicted octanol–water partition coefficient (Wildman–Crippen LogP) is 2.68. The monoisotopic (exact) mass is 292 g/mol. The van der Waals surface area contributed by atoms with Crippen molar-refractivity contribution in [2.75, 3.05) is 13.2 Å². The van der Waals surface area contributed by atoms with Gasteiger partial charge in [-0.25, -0.2) is 0 Å². The first-order valence-corrected chi connectivity index (χ1v) is 6.01. The second kappa shape index (κ2) is 4.33. The van der Waals surface area contributed by atoms with Crippen LogP contribution in [-0.2, 0) is 0 Å². The van der Waals surface area contributed by atoms with E-state index in [1.165, 1.54) is 0 Å². The van der Waals surface area contributed by atoms with E-state index >= 15 is 0 Å². The molecule has 0 N–H and O–H groups in total. The third-order valence-corrected chi connectivity index (χ3v) is 2.89. The minimum absolute atomic E-state index is 0.586. The van der Waals surface area contributed by atoms with E-state index in [2.05, 4.69) is 26.1 Å². The summed E-state index contributed by atoms with van der Waals surface area (Å²) in [5.41, 5.74) is 1.78. The van der Waals surface area contributed by atoms with Gasteiger partial charge in [0.25, 0.3) is 0 Å². The molecular weight excluding hydrogens is 284 g/mol. The fourth-order valence-electron chi connectivity index (χ4n) is 1.67. The van der Waals surface area contributed by atoms with E-state index in [1.807, 2.05) is 30.3 Å². The first kappa shape index (κ1) is 10.5. The van der Waals surface area contributed by atoms with Crippen LogP contribution in [-0.4, -0.2) is 23.4 Å². The molecule has 0 saturated heterocycles. The highest BCUT2D eigenvalue weighted by Gasteiger charge is 2.12. The number of rotatable bonds is 1. The summed E-state index contributed by atoms with van der Waals surface area (Å²) in [7, 11) is 0. The van der Waals surface area contributed by atoms with Crippen LogP contribution < -0.4 is 9.47 Å². The number of aromatic nitrogens is 2. The van der Waals surface area contributed by atoms with Gasteiger partial charge in [0.05, 0.1) is 5.69 Å². The summed E-state index contributed by atoms with van der Waals surface area (Å²) >= 11 is 3.26. The third kappa shape index (κ3) is 2.10. The van der Waals surface area contributed by atoms with Crippen molar-refractivity contribution >= 4 is 15.9 Å². The highest BCUT2D eigenvalue weighted by Crippen LogP contribution is 2.33. The van der Waals surface area contributed by atoms with E-state index in [9.17, 15) is 0 Å². The Morgan fingerprint density at radius 3 is 2.53 bits per heavy atom. The molecule has 0 amide bonds. The Hall–Kier alpha value is -1.62. The molecule has 0 fully saturated rings. The first-order valence-electron chi connectivity index (χ1n) is 5.22. The van der Waals surface area contributed by atoms with Crippen molar-refractivity contribution in [2.24, 2.45) is 0 Å². The van der Waals surface area contributed by atoms with Gasteiger partial charge in [0.15, 0.2) is 11.5 Å². The van der Waals surface area contributed by atoms with Gasteiger partial charge in [-0.3, -0.25) is 0 Å². The van der Waals surface area contributed by atoms with E-state index in [0.717, 1.165) is 27.4 Å². The van der Waals surface area contributed by atoms with Crippen molar-refractivity contribution in [1.29, 1.82) is 0 Å². The predicted molar refractivity (Wildman–Crippen MR) is 66.2 cm³/mol. The Balaban J connectivity index is 2.01. The topological polar surface area (TPSA) is 44.2 Å². The van der Waals surface area contributed by atoms with Crippen molar-refractivity contribution in [1.82, 2.24) is 10.2 Å². The Morgan fingerprint density at radius 2 is 1.76 bits per heavy atom. The smallest absolute Gasteiger partial charge is 0.162 e. The lowest BCUT2D eigenvalue weighted by Crippen LogP contribution is -2.15. The lowest BCUT2D eigenvalue weighted by Gasteiger charge is -2.18. The van der Waals surface area contributed by atoms with Gasteiger partial charge in [-0.2, -0.15) is 0 Å². The van der Waals surface area contributed by atoms with Gasteiger partial charge in [-0.1, -0.05) is 0 Å². The zero-order valence-electron chi connectivity index (χ0n) is 8.89. The highest BCUT2D eigenvalue weighted by atomic mass is 79.9. The Labute approximate surface area is 107 Å². The van der Waals surface area contributed by atoms with Gasteiger partial charge in [0.1, 0.15) is 17.8 Å². The molecule has 0 bridgehead atoms. The minimum atomic E-state index is 0.586. The van der Waals surface area contributed by atoms with Crippen molar-refractivity contribution in [3.8, 4) is 22.8 Å². The van der Waals surface area contributed by atoms with Crippen LogP contribution in [0.25, 0.3) is 11.3 Å². The second-order valence-corrected chi connectivity index (χ2v) is 4.41. The molecule has 3 rings (SSSR count). The average molecular weight is 293 g/mol. The van der Waals surface area contributed by atoms with Crippen LogP contribution in [0.1, 0.15) is 0 Å². The number of fused-ring (bicyclic) bond motifs is 1. The fraction of sp³-hybridized carbons (Fsp3) is 0.167. The maximum absolute atomic E-state index is 5.53. The average Bonchev–Trinajstić information content (AvgIpc) is 2.39. The number of ether oxygens (including phenoxy) is 2. The summed E-state index contributed by atoms with van der Waals surface area (Å²) in [4.78, 5) is 0. The van der Waals surface area contributed by atoms with Crippen molar-refractivity contribution < 1.29 is 9.47 Å². The second-order valence-electron chi connectivity index (χ2n) is 3.60. The maximum Gasteiger partial charge on any atom is 0.162 e. The lowest BCUT2D eigenvalue weighted by atomic mass is 10.1. The van der Waals surface area contributed by atoms with Gasteiger partial charge >= 0.3 is 0 Å². The first-order chi connectivity index (χ1) is 8.33. The standard InChI is InChI=1S/C12H9BrN2O2/c13-12-4-2-9(14-15-12)8-1-3-10-11(7-8)17-6-5-16-10/h1-4,7H,5-6H2. The molecule has 0 spiro atoms. The number of hydrogen-bond donors (Lipinski definition) is 0. The zero-order chi connectivity index (χ0) is 11.7. The zero-order valence-corrected chi connectivity index (χ0v) is 10.5. The van der Waals surface area contributed by atoms with E-state index in [0.29, 0.717) is 13.2 Å². The van der Waals surface area contributed by atoms with E-state index in [4.69, 9.17) is 9.47 Å². The van der Waals surface area contributed by atoms with Gasteiger partial charge in [0.2, 0.25) is 0 Å². The van der Waals surface area contributed by atoms with Crippen LogP contribution in [0.3, 0.4) is 0 Å². The molecule has 4 nitrogen and oxygen atoms in total. The summed E-state index contributed by atoms with van der Waals surface area (Å²) in [5.74, 6) is 1.54. The highest BCUT2D eigenvalue weighted by molar-refractivity contribution is 9.10. The quantitative estimate of drug-likeness (QED) is 0.811. The van der Waals surface area contributed by atoms with Crippen LogP contribution in [0.5, 0.6) is 11.5 Å². The molecule has 5 heteroatoms. The van der Waals surface area contributed by atoms with E-state index < -0.39 is 0 Å². The lowest BCUT2D eigenvalue weighted by molar-refractivity contribution is 0.171. The largest absolute Gasteiger partial charge is 0.486 e. The Kier molecular flexibility index (Phi) is 2.68. The number of halogens is 1. The molecule has 0 saturated carbocycles. The summed E-state index contributed by atoms with van der Waals surface area (Å²) in [6.45, 7) is 1.19. The number of benzene rings is 1. The molecule has 17 heavy (non-hydrogen) atoms. The molecule has 0 aliphatic carbocycles. The van der Waals surface area contributed by atoms with Crippen molar-refractivity contribution in [3.63, 3.8) is 0 Å². The van der Waals surface area contributed by atoms with Crippen LogP contribution in [0.4, 0.5) is 0 Å². The molecule has 86 valence electrons. The molecular formula is C12H9BrN2O2. The fourth-order valence-corrected chi connectivity index (χ4v) is 1.88. The SMILES string of the molecule is Brc1ccc(-c2ccc3c(c2)OCCO3)nn1. The Morgan fingerprint density at radius 1 is 0.941 bits per heavy atom. The third-order valence-electron chi connectivity index (χ3n) is 2.47. The van der Waals surface area contributed by atoms with Crippen LogP contribution in [0.2, 0.25) is 0 Å². The summed E-state index contributed by atoms with van der Waals surface area (Å²) in [6, 6.07) is 9.53. The molecule has 1 aliphatic heterocycles. The van der Waals surface area contributed by atoms with Crippen LogP contribution in [0, 0.1) is 0 Å². The van der Waals surface area contributed by atoms with Crippen molar-refractivity contribution in [3.05, 3.63) is 34.9 Å². The number of hydrogen-bond acceptors (Lipinski definition) is 4. The molecule has 2 aromatic rings. The molecule has 2 heterocycles. The molecule has 0 radical (unpaired) electrons. The van der Waals surface area contributed by atoms with Gasteiger partial charge < -0.3 is 9.47 Å². The van der Waals surface area contributed by atoms with Gasteiger partial charge in [-0.15, -0.1) is 10.2 Å². The van der Waals surface area contributed by atoms with Gasteiger partial charge in [-0.05, 0) is 46.3 Å². The maximum atomic E-state index is 5.53. The van der Waals surface area contributed by atoms with Gasteiger partial charge in [0, 0.05) is 5.56 Å². The van der Waals surface area contributed by atoms with E-state index in [-0.39, 0.29) is 0 Å². The minimum Gasteiger partial charge on any atom is -0.486 e. The van der Waals surface area contributed by atoms with Crippen molar-refractivity contribution in [2.45, 2.75) is 0 Å². The molecule has 1 aliphatic rings. The van der Waals surface area contributed by atoms with Crippen LogP contribution in [0.15, 0.2) is 34.9 Å². The normalized spacial score (nSPS) is 13.5. The summed E-state index contributed by atoms with van der Waals surface area (Å²) in [6.07, 6.45) is 0. The van der Waals surface area contributed by atoms with E-state index in [1.54, 1.807) is 0 Å². The molecule has 0 unspecified atom stereocenters. The molecule has 1 aromatic heterocycles. The molecule has 0 atom stereocenters.